The Hall–Kier alpha value is -1.14. The highest BCUT2D eigenvalue weighted by molar-refractivity contribution is 5.78. The molecular weight excluding hydrogens is 306 g/mol. The summed E-state index contributed by atoms with van der Waals surface area (Å²) in [5.41, 5.74) is 0. The summed E-state index contributed by atoms with van der Waals surface area (Å²) in [5.74, 6) is 0.0577. The maximum atomic E-state index is 12.3. The number of aliphatic carboxylic acids is 1. The van der Waals surface area contributed by atoms with Gasteiger partial charge in [-0.1, -0.05) is 0 Å². The molecule has 1 amide bonds. The van der Waals surface area contributed by atoms with E-state index in [1.807, 2.05) is 0 Å². The van der Waals surface area contributed by atoms with E-state index in [4.69, 9.17) is 5.11 Å². The van der Waals surface area contributed by atoms with Gasteiger partial charge in [0.15, 0.2) is 0 Å². The number of carboxylic acids is 1. The predicted octanol–water partition coefficient (Wildman–Crippen LogP) is 1.30. The molecule has 2 unspecified atom stereocenters. The molecule has 0 aromatic rings. The lowest BCUT2D eigenvalue weighted by Crippen LogP contribution is -2.56. The zero-order valence-corrected chi connectivity index (χ0v) is 14.9. The molecule has 24 heavy (non-hydrogen) atoms. The second kappa shape index (κ2) is 7.40. The molecule has 6 nitrogen and oxygen atoms in total. The fourth-order valence-electron chi connectivity index (χ4n) is 4.15. The average Bonchev–Trinajstić information content (AvgIpc) is 3.22. The highest BCUT2D eigenvalue weighted by Crippen LogP contribution is 2.33. The topological polar surface area (TPSA) is 72.9 Å². The van der Waals surface area contributed by atoms with Crippen LogP contribution in [0.2, 0.25) is 0 Å². The SMILES string of the molecule is CC1CCC(C)N1CC(=O)NC1CC(N(CC(=O)O)CC2CC2)C1. The molecule has 1 aliphatic heterocycles. The Labute approximate surface area is 144 Å². The Bertz CT molecular complexity index is 464. The van der Waals surface area contributed by atoms with Crippen LogP contribution in [0.1, 0.15) is 52.4 Å². The molecule has 0 aromatic heterocycles. The summed E-state index contributed by atoms with van der Waals surface area (Å²) in [6.07, 6.45) is 6.58. The molecule has 136 valence electrons. The number of nitrogens with one attached hydrogen (secondary N) is 1. The molecule has 0 radical (unpaired) electrons. The van der Waals surface area contributed by atoms with Gasteiger partial charge in [0.25, 0.3) is 0 Å². The quantitative estimate of drug-likeness (QED) is 0.698. The van der Waals surface area contributed by atoms with Crippen molar-refractivity contribution in [3.63, 3.8) is 0 Å². The van der Waals surface area contributed by atoms with E-state index >= 15 is 0 Å². The van der Waals surface area contributed by atoms with Crippen LogP contribution >= 0.6 is 0 Å². The van der Waals surface area contributed by atoms with Crippen molar-refractivity contribution in [2.75, 3.05) is 19.6 Å². The number of carbonyl (C=O) groups excluding carboxylic acids is 1. The van der Waals surface area contributed by atoms with Crippen molar-refractivity contribution in [3.8, 4) is 0 Å². The van der Waals surface area contributed by atoms with E-state index in [1.54, 1.807) is 0 Å². The second-order valence-electron chi connectivity index (χ2n) is 8.10. The number of amides is 1. The predicted molar refractivity (Wildman–Crippen MR) is 91.7 cm³/mol. The molecule has 2 N–H and O–H groups in total. The van der Waals surface area contributed by atoms with Crippen molar-refractivity contribution in [1.82, 2.24) is 15.1 Å². The van der Waals surface area contributed by atoms with Gasteiger partial charge in [0.2, 0.25) is 5.91 Å². The van der Waals surface area contributed by atoms with Crippen molar-refractivity contribution in [2.24, 2.45) is 5.92 Å². The number of hydrogen-bond acceptors (Lipinski definition) is 4. The van der Waals surface area contributed by atoms with Crippen molar-refractivity contribution >= 4 is 11.9 Å². The van der Waals surface area contributed by atoms with Gasteiger partial charge < -0.3 is 10.4 Å². The Morgan fingerprint density at radius 3 is 2.29 bits per heavy atom. The van der Waals surface area contributed by atoms with Gasteiger partial charge >= 0.3 is 5.97 Å². The maximum absolute atomic E-state index is 12.3. The summed E-state index contributed by atoms with van der Waals surface area (Å²) in [6.45, 7) is 5.91. The highest BCUT2D eigenvalue weighted by atomic mass is 16.4. The first-order chi connectivity index (χ1) is 11.4. The first-order valence-electron chi connectivity index (χ1n) is 9.43. The van der Waals surface area contributed by atoms with Gasteiger partial charge in [-0.05, 0) is 58.3 Å². The van der Waals surface area contributed by atoms with Crippen LogP contribution in [-0.4, -0.2) is 70.6 Å². The molecule has 3 fully saturated rings. The van der Waals surface area contributed by atoms with Crippen LogP contribution in [0.15, 0.2) is 0 Å². The fraction of sp³-hybridized carbons (Fsp3) is 0.889. The van der Waals surface area contributed by atoms with Crippen LogP contribution in [0, 0.1) is 5.92 Å². The van der Waals surface area contributed by atoms with Crippen LogP contribution in [-0.2, 0) is 9.59 Å². The van der Waals surface area contributed by atoms with E-state index in [0.717, 1.165) is 19.4 Å². The first kappa shape index (κ1) is 17.7. The Morgan fingerprint density at radius 1 is 1.12 bits per heavy atom. The largest absolute Gasteiger partial charge is 0.480 e. The molecule has 0 aromatic carbocycles. The van der Waals surface area contributed by atoms with E-state index in [0.29, 0.717) is 30.6 Å². The lowest BCUT2D eigenvalue weighted by molar-refractivity contribution is -0.140. The Balaban J connectivity index is 1.40. The molecule has 0 spiro atoms. The van der Waals surface area contributed by atoms with E-state index in [9.17, 15) is 9.59 Å². The molecule has 2 saturated carbocycles. The number of hydrogen-bond donors (Lipinski definition) is 2. The minimum absolute atomic E-state index is 0.117. The molecule has 0 bridgehead atoms. The highest BCUT2D eigenvalue weighted by Gasteiger charge is 2.38. The molecule has 1 heterocycles. The molecule has 3 rings (SSSR count). The molecular formula is C18H31N3O3. The van der Waals surface area contributed by atoms with Crippen molar-refractivity contribution in [1.29, 1.82) is 0 Å². The van der Waals surface area contributed by atoms with Crippen LogP contribution in [0.4, 0.5) is 0 Å². The lowest BCUT2D eigenvalue weighted by atomic mass is 9.85. The zero-order chi connectivity index (χ0) is 17.3. The van der Waals surface area contributed by atoms with Gasteiger partial charge in [0.1, 0.15) is 0 Å². The van der Waals surface area contributed by atoms with Gasteiger partial charge in [0, 0.05) is 30.7 Å². The van der Waals surface area contributed by atoms with E-state index in [2.05, 4.69) is 29.0 Å². The first-order valence-corrected chi connectivity index (χ1v) is 9.43. The second-order valence-corrected chi connectivity index (χ2v) is 8.10. The van der Waals surface area contributed by atoms with Gasteiger partial charge in [-0.2, -0.15) is 0 Å². The number of nitrogens with zero attached hydrogens (tertiary/aromatic N) is 2. The van der Waals surface area contributed by atoms with E-state index in [1.165, 1.54) is 25.7 Å². The minimum Gasteiger partial charge on any atom is -0.480 e. The normalized spacial score (nSPS) is 33.5. The Morgan fingerprint density at radius 2 is 1.75 bits per heavy atom. The fourth-order valence-corrected chi connectivity index (χ4v) is 4.15. The van der Waals surface area contributed by atoms with Crippen LogP contribution < -0.4 is 5.32 Å². The van der Waals surface area contributed by atoms with Gasteiger partial charge in [-0.3, -0.25) is 19.4 Å². The number of carbonyl (C=O) groups is 2. The summed E-state index contributed by atoms with van der Waals surface area (Å²) >= 11 is 0. The van der Waals surface area contributed by atoms with Crippen LogP contribution in [0.25, 0.3) is 0 Å². The summed E-state index contributed by atoms with van der Waals surface area (Å²) in [6, 6.07) is 1.51. The van der Waals surface area contributed by atoms with Gasteiger partial charge in [-0.15, -0.1) is 0 Å². The maximum Gasteiger partial charge on any atom is 0.317 e. The number of likely N-dealkylation sites (tertiary alicyclic amines) is 1. The Kier molecular flexibility index (Phi) is 5.45. The zero-order valence-electron chi connectivity index (χ0n) is 14.9. The summed E-state index contributed by atoms with van der Waals surface area (Å²) in [5, 5.41) is 12.2. The smallest absolute Gasteiger partial charge is 0.317 e. The van der Waals surface area contributed by atoms with Gasteiger partial charge in [0.05, 0.1) is 13.1 Å². The number of rotatable bonds is 8. The molecule has 6 heteroatoms. The summed E-state index contributed by atoms with van der Waals surface area (Å²) < 4.78 is 0. The monoisotopic (exact) mass is 337 g/mol. The van der Waals surface area contributed by atoms with Crippen molar-refractivity contribution in [3.05, 3.63) is 0 Å². The third-order valence-corrected chi connectivity index (χ3v) is 5.98. The van der Waals surface area contributed by atoms with E-state index < -0.39 is 5.97 Å². The molecule has 2 aliphatic carbocycles. The summed E-state index contributed by atoms with van der Waals surface area (Å²) in [7, 11) is 0. The van der Waals surface area contributed by atoms with Crippen molar-refractivity contribution < 1.29 is 14.7 Å². The summed E-state index contributed by atoms with van der Waals surface area (Å²) in [4.78, 5) is 27.7. The molecule has 1 saturated heterocycles. The third-order valence-electron chi connectivity index (χ3n) is 5.98. The van der Waals surface area contributed by atoms with Crippen molar-refractivity contribution in [2.45, 2.75) is 76.5 Å². The molecule has 2 atom stereocenters. The average molecular weight is 337 g/mol. The standard InChI is InChI=1S/C18H31N3O3/c1-12-3-4-13(2)21(12)10-17(22)19-15-7-16(8-15)20(11-18(23)24)9-14-5-6-14/h12-16H,3-11H2,1-2H3,(H,19,22)(H,23,24). The lowest BCUT2D eigenvalue weighted by Gasteiger charge is -2.43. The van der Waals surface area contributed by atoms with Crippen LogP contribution in [0.5, 0.6) is 0 Å². The van der Waals surface area contributed by atoms with E-state index in [-0.39, 0.29) is 18.5 Å². The van der Waals surface area contributed by atoms with Gasteiger partial charge in [-0.25, -0.2) is 0 Å². The molecule has 3 aliphatic rings. The van der Waals surface area contributed by atoms with Crippen LogP contribution in [0.3, 0.4) is 0 Å². The third kappa shape index (κ3) is 4.48. The number of carboxylic acid groups (broad SMARTS) is 1. The minimum atomic E-state index is -0.750.